The Labute approximate surface area is 182 Å². The van der Waals surface area contributed by atoms with Gasteiger partial charge in [-0.15, -0.1) is 0 Å². The Bertz CT molecular complexity index is 943. The number of aryl methyl sites for hydroxylation is 1. The molecule has 1 aliphatic carbocycles. The van der Waals surface area contributed by atoms with Gasteiger partial charge in [0.2, 0.25) is 0 Å². The normalized spacial score (nSPS) is 22.0. The van der Waals surface area contributed by atoms with E-state index in [-0.39, 0.29) is 6.04 Å². The summed E-state index contributed by atoms with van der Waals surface area (Å²) in [6.07, 6.45) is 5.93. The topological polar surface area (TPSA) is 58.1 Å². The highest BCUT2D eigenvalue weighted by Gasteiger charge is 2.27. The van der Waals surface area contributed by atoms with E-state index >= 15 is 0 Å². The third-order valence-electron chi connectivity index (χ3n) is 5.99. The van der Waals surface area contributed by atoms with Crippen LogP contribution in [0.15, 0.2) is 41.4 Å². The van der Waals surface area contributed by atoms with Crippen molar-refractivity contribution in [1.82, 2.24) is 4.31 Å². The summed E-state index contributed by atoms with van der Waals surface area (Å²) in [5.41, 5.74) is 5.82. The lowest BCUT2D eigenvalue weighted by Crippen LogP contribution is -2.25. The van der Waals surface area contributed by atoms with Crippen LogP contribution in [0, 0.1) is 0 Å². The number of methoxy groups -OCH3 is 1. The summed E-state index contributed by atoms with van der Waals surface area (Å²) in [5.74, 6) is 0.914. The number of hydrogen-bond donors (Lipinski definition) is 2. The molecule has 6 nitrogen and oxygen atoms in total. The van der Waals surface area contributed by atoms with Crippen LogP contribution in [-0.4, -0.2) is 30.5 Å². The second kappa shape index (κ2) is 8.78. The van der Waals surface area contributed by atoms with Gasteiger partial charge in [0.05, 0.1) is 13.2 Å². The number of benzene rings is 2. The van der Waals surface area contributed by atoms with Gasteiger partial charge in [-0.3, -0.25) is 0 Å². The van der Waals surface area contributed by atoms with Crippen molar-refractivity contribution < 1.29 is 9.47 Å². The highest BCUT2D eigenvalue weighted by molar-refractivity contribution is 7.98. The van der Waals surface area contributed by atoms with Crippen molar-refractivity contribution in [3.05, 3.63) is 53.1 Å². The highest BCUT2D eigenvalue weighted by Crippen LogP contribution is 2.40. The van der Waals surface area contributed by atoms with Gasteiger partial charge < -0.3 is 19.5 Å². The smallest absolute Gasteiger partial charge is 0.290 e. The summed E-state index contributed by atoms with van der Waals surface area (Å²) in [6, 6.07) is 13.3. The quantitative estimate of drug-likeness (QED) is 0.648. The molecular weight excluding hydrogens is 396 g/mol. The second-order valence-corrected chi connectivity index (χ2v) is 8.89. The Hall–Kier alpha value is -2.38. The lowest BCUT2D eigenvalue weighted by Gasteiger charge is -2.26. The number of anilines is 2. The molecule has 158 valence electrons. The molecule has 30 heavy (non-hydrogen) atoms. The molecule has 1 fully saturated rings. The molecule has 1 atom stereocenters. The summed E-state index contributed by atoms with van der Waals surface area (Å²) in [5, 5.41) is 3.37. The maximum atomic E-state index is 5.96. The van der Waals surface area contributed by atoms with Gasteiger partial charge in [0, 0.05) is 47.7 Å². The predicted octanol–water partition coefficient (Wildman–Crippen LogP) is 5.14. The van der Waals surface area contributed by atoms with Crippen molar-refractivity contribution in [3.63, 3.8) is 0 Å². The Morgan fingerprint density at radius 1 is 1.17 bits per heavy atom. The molecule has 1 saturated heterocycles. The van der Waals surface area contributed by atoms with Crippen molar-refractivity contribution >= 4 is 29.5 Å². The molecule has 0 saturated carbocycles. The molecule has 2 heterocycles. The molecule has 0 amide bonds. The summed E-state index contributed by atoms with van der Waals surface area (Å²) in [4.78, 5) is 4.88. The first kappa shape index (κ1) is 19.6. The van der Waals surface area contributed by atoms with E-state index in [4.69, 9.17) is 14.5 Å². The Kier molecular flexibility index (Phi) is 5.73. The van der Waals surface area contributed by atoms with Crippen LogP contribution in [0.5, 0.6) is 5.75 Å². The van der Waals surface area contributed by atoms with E-state index in [9.17, 15) is 0 Å². The monoisotopic (exact) mass is 424 g/mol. The van der Waals surface area contributed by atoms with Crippen LogP contribution in [0.3, 0.4) is 0 Å². The molecule has 7 heteroatoms. The van der Waals surface area contributed by atoms with Crippen molar-refractivity contribution in [1.29, 1.82) is 0 Å². The zero-order valence-electron chi connectivity index (χ0n) is 17.3. The molecule has 2 aromatic rings. The molecule has 5 rings (SSSR count). The van der Waals surface area contributed by atoms with E-state index in [2.05, 4.69) is 38.6 Å². The molecule has 0 bridgehead atoms. The standard InChI is InChI=1S/C23H28N4O2S/c1-28-21-7-5-6-16-8-10-20(22(16)21)25-23-24-19-11-9-18(14-17(19)15-29-23)26-30-27-12-3-2-4-13-27/h5-7,9,11,14,20,26H,2-4,8,10,12-13,15H2,1H3,(H,24,25). The summed E-state index contributed by atoms with van der Waals surface area (Å²) in [6.45, 7) is 2.83. The number of rotatable bonds is 5. The number of hydrogen-bond acceptors (Lipinski definition) is 6. The van der Waals surface area contributed by atoms with Crippen LogP contribution in [0.4, 0.5) is 11.4 Å². The summed E-state index contributed by atoms with van der Waals surface area (Å²) < 4.78 is 17.4. The average Bonchev–Trinajstić information content (AvgIpc) is 3.21. The third kappa shape index (κ3) is 4.09. The van der Waals surface area contributed by atoms with E-state index in [0.717, 1.165) is 48.6 Å². The Morgan fingerprint density at radius 2 is 2.07 bits per heavy atom. The molecule has 0 radical (unpaired) electrons. The van der Waals surface area contributed by atoms with E-state index in [1.165, 1.54) is 30.4 Å². The first-order valence-electron chi connectivity index (χ1n) is 10.7. The number of amidine groups is 1. The van der Waals surface area contributed by atoms with E-state index in [1.807, 2.05) is 12.1 Å². The van der Waals surface area contributed by atoms with Gasteiger partial charge in [-0.2, -0.15) is 0 Å². The second-order valence-electron chi connectivity index (χ2n) is 7.99. The van der Waals surface area contributed by atoms with Crippen molar-refractivity contribution in [2.75, 3.05) is 30.2 Å². The predicted molar refractivity (Wildman–Crippen MR) is 123 cm³/mol. The molecule has 1 unspecified atom stereocenters. The number of ether oxygens (including phenoxy) is 2. The van der Waals surface area contributed by atoms with E-state index < -0.39 is 0 Å². The minimum absolute atomic E-state index is 0.0714. The van der Waals surface area contributed by atoms with Crippen LogP contribution in [-0.2, 0) is 17.8 Å². The molecule has 2 aromatic carbocycles. The first-order chi connectivity index (χ1) is 14.8. The maximum absolute atomic E-state index is 5.96. The number of aliphatic imine (C=N–C) groups is 1. The Balaban J connectivity index is 1.26. The first-order valence-corrected chi connectivity index (χ1v) is 11.5. The minimum atomic E-state index is 0.0714. The number of nitrogens with one attached hydrogen (secondary N) is 2. The third-order valence-corrected chi connectivity index (χ3v) is 6.94. The average molecular weight is 425 g/mol. The van der Waals surface area contributed by atoms with Gasteiger partial charge >= 0.3 is 0 Å². The molecule has 2 N–H and O–H groups in total. The van der Waals surface area contributed by atoms with E-state index in [1.54, 1.807) is 19.2 Å². The van der Waals surface area contributed by atoms with Crippen LogP contribution in [0.2, 0.25) is 0 Å². The van der Waals surface area contributed by atoms with E-state index in [0.29, 0.717) is 12.6 Å². The zero-order valence-corrected chi connectivity index (χ0v) is 18.1. The van der Waals surface area contributed by atoms with Crippen LogP contribution in [0.25, 0.3) is 0 Å². The van der Waals surface area contributed by atoms with Crippen LogP contribution >= 0.6 is 12.1 Å². The molecule has 0 aromatic heterocycles. The number of nitrogens with zero attached hydrogens (tertiary/aromatic N) is 2. The van der Waals surface area contributed by atoms with Crippen molar-refractivity contribution in [2.45, 2.75) is 44.8 Å². The van der Waals surface area contributed by atoms with Crippen LogP contribution in [0.1, 0.15) is 48.4 Å². The number of piperidine rings is 1. The zero-order chi connectivity index (χ0) is 20.3. The fraction of sp³-hybridized carbons (Fsp3) is 0.435. The SMILES string of the molecule is COc1cccc2c1C(N=C1Nc3ccc(NSN4CCCCC4)cc3CO1)CC2. The lowest BCUT2D eigenvalue weighted by atomic mass is 10.1. The Morgan fingerprint density at radius 3 is 2.93 bits per heavy atom. The van der Waals surface area contributed by atoms with Crippen molar-refractivity contribution in [2.24, 2.45) is 4.99 Å². The minimum Gasteiger partial charge on any atom is -0.496 e. The van der Waals surface area contributed by atoms with Gasteiger partial charge in [-0.25, -0.2) is 9.30 Å². The lowest BCUT2D eigenvalue weighted by molar-refractivity contribution is 0.282. The van der Waals surface area contributed by atoms with Gasteiger partial charge in [-0.1, -0.05) is 18.6 Å². The van der Waals surface area contributed by atoms with Crippen LogP contribution < -0.4 is 14.8 Å². The molecule has 2 aliphatic heterocycles. The van der Waals surface area contributed by atoms with Gasteiger partial charge in [-0.05, 0) is 55.5 Å². The maximum Gasteiger partial charge on any atom is 0.290 e. The fourth-order valence-electron chi connectivity index (χ4n) is 4.41. The highest BCUT2D eigenvalue weighted by atomic mass is 32.2. The van der Waals surface area contributed by atoms with Gasteiger partial charge in [0.25, 0.3) is 6.02 Å². The van der Waals surface area contributed by atoms with Gasteiger partial charge in [0.1, 0.15) is 12.4 Å². The molecular formula is C23H28N4O2S. The largest absolute Gasteiger partial charge is 0.496 e. The summed E-state index contributed by atoms with van der Waals surface area (Å²) >= 11 is 1.71. The fourth-order valence-corrected chi connectivity index (χ4v) is 5.21. The summed E-state index contributed by atoms with van der Waals surface area (Å²) in [7, 11) is 1.72. The molecule has 0 spiro atoms. The number of fused-ring (bicyclic) bond motifs is 2. The van der Waals surface area contributed by atoms with Gasteiger partial charge in [0.15, 0.2) is 0 Å². The molecule has 3 aliphatic rings. The van der Waals surface area contributed by atoms with Crippen molar-refractivity contribution in [3.8, 4) is 5.75 Å².